The highest BCUT2D eigenvalue weighted by Gasteiger charge is 2.25. The largest absolute Gasteiger partial charge is 0.342 e. The van der Waals surface area contributed by atoms with E-state index in [1.54, 1.807) is 12.1 Å². The van der Waals surface area contributed by atoms with Gasteiger partial charge in [-0.15, -0.1) is 0 Å². The Hall–Kier alpha value is -2.74. The van der Waals surface area contributed by atoms with Crippen LogP contribution in [0, 0.1) is 0 Å². The molecular formula is C21H27N5O3. The number of nitrogens with zero attached hydrogens (tertiary/aromatic N) is 5. The van der Waals surface area contributed by atoms with E-state index in [4.69, 9.17) is 0 Å². The molecule has 1 aromatic heterocycles. The normalized spacial score (nSPS) is 17.8. The van der Waals surface area contributed by atoms with Gasteiger partial charge in [-0.25, -0.2) is 4.98 Å². The summed E-state index contributed by atoms with van der Waals surface area (Å²) in [5.41, 5.74) is 0.549. The Morgan fingerprint density at radius 2 is 1.59 bits per heavy atom. The zero-order valence-electron chi connectivity index (χ0n) is 16.6. The Balaban J connectivity index is 1.26. The van der Waals surface area contributed by atoms with Crippen molar-refractivity contribution in [2.45, 2.75) is 25.8 Å². The molecule has 4 rings (SSSR count). The van der Waals surface area contributed by atoms with Crippen LogP contribution in [-0.2, 0) is 16.1 Å². The van der Waals surface area contributed by atoms with Gasteiger partial charge in [0.15, 0.2) is 0 Å². The second kappa shape index (κ2) is 8.73. The second-order valence-electron chi connectivity index (χ2n) is 7.76. The van der Waals surface area contributed by atoms with Crippen LogP contribution >= 0.6 is 0 Å². The van der Waals surface area contributed by atoms with Gasteiger partial charge in [0.1, 0.15) is 0 Å². The molecule has 0 bridgehead atoms. The Morgan fingerprint density at radius 1 is 0.897 bits per heavy atom. The molecule has 2 aliphatic heterocycles. The molecule has 2 aromatic rings. The fraction of sp³-hybridized carbons (Fsp3) is 0.524. The average molecular weight is 397 g/mol. The zero-order valence-corrected chi connectivity index (χ0v) is 16.6. The van der Waals surface area contributed by atoms with Crippen molar-refractivity contribution in [3.05, 3.63) is 40.9 Å². The highest BCUT2D eigenvalue weighted by Crippen LogP contribution is 2.10. The molecule has 3 heterocycles. The van der Waals surface area contributed by atoms with Crippen LogP contribution in [0.1, 0.15) is 19.3 Å². The van der Waals surface area contributed by atoms with E-state index in [2.05, 4.69) is 9.88 Å². The summed E-state index contributed by atoms with van der Waals surface area (Å²) >= 11 is 0. The molecular weight excluding hydrogens is 370 g/mol. The van der Waals surface area contributed by atoms with Crippen LogP contribution in [0.5, 0.6) is 0 Å². The minimum Gasteiger partial charge on any atom is -0.342 e. The number of carbonyl (C=O) groups is 2. The van der Waals surface area contributed by atoms with Gasteiger partial charge >= 0.3 is 0 Å². The van der Waals surface area contributed by atoms with Gasteiger partial charge in [-0.05, 0) is 25.0 Å². The Kier molecular flexibility index (Phi) is 5.89. The molecule has 2 fully saturated rings. The highest BCUT2D eigenvalue weighted by atomic mass is 16.2. The van der Waals surface area contributed by atoms with Gasteiger partial charge in [0.2, 0.25) is 11.8 Å². The van der Waals surface area contributed by atoms with Gasteiger partial charge in [0, 0.05) is 52.2 Å². The number of amides is 2. The molecule has 2 aliphatic rings. The van der Waals surface area contributed by atoms with Crippen LogP contribution in [0.3, 0.4) is 0 Å². The summed E-state index contributed by atoms with van der Waals surface area (Å²) in [5.74, 6) is 0.237. The summed E-state index contributed by atoms with van der Waals surface area (Å²) in [6.07, 6.45) is 3.99. The predicted molar refractivity (Wildman–Crippen MR) is 109 cm³/mol. The van der Waals surface area contributed by atoms with Crippen molar-refractivity contribution in [3.8, 4) is 0 Å². The zero-order chi connectivity index (χ0) is 20.2. The quantitative estimate of drug-likeness (QED) is 0.736. The highest BCUT2D eigenvalue weighted by molar-refractivity contribution is 5.79. The third-order valence-corrected chi connectivity index (χ3v) is 5.84. The summed E-state index contributed by atoms with van der Waals surface area (Å²) in [5, 5.41) is 0.568. The lowest BCUT2D eigenvalue weighted by molar-refractivity contribution is -0.134. The first-order chi connectivity index (χ1) is 14.1. The number of hydrogen-bond donors (Lipinski definition) is 0. The first kappa shape index (κ1) is 19.6. The number of likely N-dealkylation sites (tertiary alicyclic amines) is 1. The number of para-hydroxylation sites is 1. The fourth-order valence-corrected chi connectivity index (χ4v) is 4.05. The molecule has 154 valence electrons. The van der Waals surface area contributed by atoms with Crippen molar-refractivity contribution in [3.63, 3.8) is 0 Å². The van der Waals surface area contributed by atoms with Crippen molar-refractivity contribution in [1.82, 2.24) is 24.3 Å². The SMILES string of the molecule is O=C(CCn1cnc2ccccc2c1=O)N1CCN(CC(=O)N2CCCC2)CC1. The van der Waals surface area contributed by atoms with E-state index in [1.807, 2.05) is 21.9 Å². The molecule has 0 unspecified atom stereocenters. The van der Waals surface area contributed by atoms with E-state index in [0.29, 0.717) is 50.2 Å². The third kappa shape index (κ3) is 4.48. The van der Waals surface area contributed by atoms with Crippen LogP contribution in [0.15, 0.2) is 35.4 Å². The van der Waals surface area contributed by atoms with E-state index >= 15 is 0 Å². The van der Waals surface area contributed by atoms with Crippen LogP contribution in [0.2, 0.25) is 0 Å². The molecule has 0 spiro atoms. The van der Waals surface area contributed by atoms with Crippen molar-refractivity contribution in [2.24, 2.45) is 0 Å². The number of carbonyl (C=O) groups excluding carboxylic acids is 2. The lowest BCUT2D eigenvalue weighted by atomic mass is 10.2. The number of benzene rings is 1. The van der Waals surface area contributed by atoms with E-state index in [-0.39, 0.29) is 23.8 Å². The number of aryl methyl sites for hydroxylation is 1. The molecule has 0 radical (unpaired) electrons. The molecule has 8 nitrogen and oxygen atoms in total. The molecule has 0 saturated carbocycles. The van der Waals surface area contributed by atoms with Gasteiger partial charge in [0.05, 0.1) is 23.8 Å². The van der Waals surface area contributed by atoms with E-state index in [1.165, 1.54) is 10.9 Å². The van der Waals surface area contributed by atoms with E-state index < -0.39 is 0 Å². The van der Waals surface area contributed by atoms with Crippen LogP contribution in [-0.4, -0.2) is 81.9 Å². The minimum atomic E-state index is -0.117. The summed E-state index contributed by atoms with van der Waals surface area (Å²) in [4.78, 5) is 47.6. The summed E-state index contributed by atoms with van der Waals surface area (Å²) in [6, 6.07) is 7.22. The van der Waals surface area contributed by atoms with E-state index in [9.17, 15) is 14.4 Å². The summed E-state index contributed by atoms with van der Waals surface area (Å²) in [6.45, 7) is 5.18. The summed E-state index contributed by atoms with van der Waals surface area (Å²) < 4.78 is 1.51. The minimum absolute atomic E-state index is 0.0376. The molecule has 2 amide bonds. The molecule has 1 aromatic carbocycles. The second-order valence-corrected chi connectivity index (χ2v) is 7.76. The summed E-state index contributed by atoms with van der Waals surface area (Å²) in [7, 11) is 0. The molecule has 2 saturated heterocycles. The molecule has 0 aliphatic carbocycles. The van der Waals surface area contributed by atoms with Crippen LogP contribution < -0.4 is 5.56 Å². The number of piperazine rings is 1. The molecule has 0 atom stereocenters. The first-order valence-corrected chi connectivity index (χ1v) is 10.3. The van der Waals surface area contributed by atoms with Crippen molar-refractivity contribution in [1.29, 1.82) is 0 Å². The fourth-order valence-electron chi connectivity index (χ4n) is 4.05. The van der Waals surface area contributed by atoms with Crippen molar-refractivity contribution < 1.29 is 9.59 Å². The van der Waals surface area contributed by atoms with Gasteiger partial charge in [-0.2, -0.15) is 0 Å². The lowest BCUT2D eigenvalue weighted by Crippen LogP contribution is -2.51. The smallest absolute Gasteiger partial charge is 0.261 e. The lowest BCUT2D eigenvalue weighted by Gasteiger charge is -2.35. The Labute approximate surface area is 169 Å². The van der Waals surface area contributed by atoms with Gasteiger partial charge in [0.25, 0.3) is 5.56 Å². The average Bonchev–Trinajstić information content (AvgIpc) is 3.29. The maximum Gasteiger partial charge on any atom is 0.261 e. The van der Waals surface area contributed by atoms with Crippen LogP contribution in [0.25, 0.3) is 10.9 Å². The molecule has 29 heavy (non-hydrogen) atoms. The molecule has 8 heteroatoms. The van der Waals surface area contributed by atoms with Crippen LogP contribution in [0.4, 0.5) is 0 Å². The van der Waals surface area contributed by atoms with Crippen molar-refractivity contribution in [2.75, 3.05) is 45.8 Å². The standard InChI is InChI=1S/C21H27N5O3/c27-19(7-10-26-16-22-18-6-2-1-5-17(18)21(26)29)25-13-11-23(12-14-25)15-20(28)24-8-3-4-9-24/h1-2,5-6,16H,3-4,7-15H2. The monoisotopic (exact) mass is 397 g/mol. The van der Waals surface area contributed by atoms with Crippen molar-refractivity contribution >= 4 is 22.7 Å². The molecule has 0 N–H and O–H groups in total. The van der Waals surface area contributed by atoms with E-state index in [0.717, 1.165) is 25.9 Å². The number of rotatable bonds is 5. The Morgan fingerprint density at radius 3 is 2.34 bits per heavy atom. The third-order valence-electron chi connectivity index (χ3n) is 5.84. The maximum absolute atomic E-state index is 12.6. The number of aromatic nitrogens is 2. The van der Waals surface area contributed by atoms with Gasteiger partial charge < -0.3 is 9.80 Å². The number of fused-ring (bicyclic) bond motifs is 1. The Bertz CT molecular complexity index is 943. The predicted octanol–water partition coefficient (Wildman–Crippen LogP) is 0.553. The van der Waals surface area contributed by atoms with Gasteiger partial charge in [-0.3, -0.25) is 23.9 Å². The topological polar surface area (TPSA) is 78.8 Å². The van der Waals surface area contributed by atoms with Gasteiger partial charge in [-0.1, -0.05) is 12.1 Å². The number of hydrogen-bond acceptors (Lipinski definition) is 5. The first-order valence-electron chi connectivity index (χ1n) is 10.3. The maximum atomic E-state index is 12.6.